The van der Waals surface area contributed by atoms with E-state index in [2.05, 4.69) is 5.32 Å². The number of hydrogen-bond donors (Lipinski definition) is 4. The standard InChI is InChI=1S/C16H31NO9/c1-12(19)17-13-10-26-14(16(21)15(13)20)11-25-9-8-24-7-6-23-5-4-22-3-2-18/h13-16,18,20-21H,2-11H2,1H3,(H,17,19)/t13-,14+,15+,16-/m0/s1. The lowest BCUT2D eigenvalue weighted by atomic mass is 9.98. The maximum absolute atomic E-state index is 11.0. The molecule has 1 aliphatic heterocycles. The summed E-state index contributed by atoms with van der Waals surface area (Å²) in [7, 11) is 0. The van der Waals surface area contributed by atoms with Crippen LogP contribution in [0.1, 0.15) is 6.92 Å². The first kappa shape index (κ1) is 23.2. The summed E-state index contributed by atoms with van der Waals surface area (Å²) in [6.07, 6.45) is -2.89. The van der Waals surface area contributed by atoms with Crippen LogP contribution in [0.2, 0.25) is 0 Å². The van der Waals surface area contributed by atoms with Crippen molar-refractivity contribution in [2.45, 2.75) is 31.3 Å². The predicted molar refractivity (Wildman–Crippen MR) is 89.7 cm³/mol. The van der Waals surface area contributed by atoms with Gasteiger partial charge in [-0.3, -0.25) is 4.79 Å². The van der Waals surface area contributed by atoms with Crippen LogP contribution in [0.15, 0.2) is 0 Å². The van der Waals surface area contributed by atoms with Crippen molar-refractivity contribution in [3.8, 4) is 0 Å². The van der Waals surface area contributed by atoms with E-state index >= 15 is 0 Å². The van der Waals surface area contributed by atoms with E-state index in [4.69, 9.17) is 28.8 Å². The molecule has 0 saturated carbocycles. The van der Waals surface area contributed by atoms with Crippen molar-refractivity contribution in [3.63, 3.8) is 0 Å². The third-order valence-corrected chi connectivity index (χ3v) is 3.66. The largest absolute Gasteiger partial charge is 0.394 e. The molecular weight excluding hydrogens is 350 g/mol. The van der Waals surface area contributed by atoms with Gasteiger partial charge in [-0.25, -0.2) is 0 Å². The summed E-state index contributed by atoms with van der Waals surface area (Å²) < 4.78 is 26.4. The lowest BCUT2D eigenvalue weighted by molar-refractivity contribution is -0.171. The quantitative estimate of drug-likeness (QED) is 0.244. The van der Waals surface area contributed by atoms with Crippen LogP contribution in [0.5, 0.6) is 0 Å². The Labute approximate surface area is 153 Å². The maximum atomic E-state index is 11.0. The Morgan fingerprint density at radius 3 is 2.04 bits per heavy atom. The molecule has 0 spiro atoms. The molecule has 154 valence electrons. The van der Waals surface area contributed by atoms with Gasteiger partial charge in [-0.15, -0.1) is 0 Å². The second-order valence-corrected chi connectivity index (χ2v) is 5.80. The minimum Gasteiger partial charge on any atom is -0.394 e. The first-order chi connectivity index (χ1) is 12.6. The van der Waals surface area contributed by atoms with E-state index in [1.165, 1.54) is 6.92 Å². The molecule has 0 aliphatic carbocycles. The summed E-state index contributed by atoms with van der Waals surface area (Å²) in [5, 5.41) is 31.1. The highest BCUT2D eigenvalue weighted by Gasteiger charge is 2.38. The average molecular weight is 381 g/mol. The van der Waals surface area contributed by atoms with Crippen LogP contribution in [0.3, 0.4) is 0 Å². The number of aliphatic hydroxyl groups excluding tert-OH is 3. The smallest absolute Gasteiger partial charge is 0.217 e. The van der Waals surface area contributed by atoms with E-state index < -0.39 is 24.4 Å². The molecule has 1 rings (SSSR count). The molecule has 1 saturated heterocycles. The zero-order chi connectivity index (χ0) is 19.2. The van der Waals surface area contributed by atoms with Crippen molar-refractivity contribution in [2.75, 3.05) is 66.1 Å². The second-order valence-electron chi connectivity index (χ2n) is 5.80. The summed E-state index contributed by atoms with van der Waals surface area (Å²) in [5.74, 6) is -0.293. The van der Waals surface area contributed by atoms with Gasteiger partial charge >= 0.3 is 0 Å². The zero-order valence-electron chi connectivity index (χ0n) is 15.2. The minimum absolute atomic E-state index is 0.000875. The van der Waals surface area contributed by atoms with Crippen LogP contribution in [0, 0.1) is 0 Å². The SMILES string of the molecule is CC(=O)N[C@H]1CO[C@H](COCCOCCOCCOCCO)[C@H](O)[C@@H]1O. The number of carbonyl (C=O) groups is 1. The van der Waals surface area contributed by atoms with Gasteiger partial charge in [0.15, 0.2) is 0 Å². The number of amides is 1. The van der Waals surface area contributed by atoms with Crippen molar-refractivity contribution in [3.05, 3.63) is 0 Å². The van der Waals surface area contributed by atoms with Gasteiger partial charge in [0.05, 0.1) is 72.1 Å². The molecule has 1 aliphatic rings. The summed E-state index contributed by atoms with van der Waals surface area (Å²) in [5.41, 5.74) is 0. The van der Waals surface area contributed by atoms with E-state index in [1.54, 1.807) is 0 Å². The fraction of sp³-hybridized carbons (Fsp3) is 0.938. The normalized spacial score (nSPS) is 26.0. The zero-order valence-corrected chi connectivity index (χ0v) is 15.2. The van der Waals surface area contributed by atoms with Crippen molar-refractivity contribution in [2.24, 2.45) is 0 Å². The molecule has 1 heterocycles. The van der Waals surface area contributed by atoms with E-state index in [9.17, 15) is 15.0 Å². The van der Waals surface area contributed by atoms with Gasteiger partial charge < -0.3 is 44.3 Å². The van der Waals surface area contributed by atoms with E-state index in [1.807, 2.05) is 0 Å². The van der Waals surface area contributed by atoms with Crippen LogP contribution >= 0.6 is 0 Å². The van der Waals surface area contributed by atoms with Crippen LogP contribution < -0.4 is 5.32 Å². The van der Waals surface area contributed by atoms with Gasteiger partial charge in [0.1, 0.15) is 18.3 Å². The molecule has 26 heavy (non-hydrogen) atoms. The molecule has 0 unspecified atom stereocenters. The molecule has 1 amide bonds. The lowest BCUT2D eigenvalue weighted by Gasteiger charge is -2.37. The third-order valence-electron chi connectivity index (χ3n) is 3.66. The van der Waals surface area contributed by atoms with Crippen LogP contribution in [-0.2, 0) is 28.5 Å². The molecule has 0 bridgehead atoms. The van der Waals surface area contributed by atoms with Gasteiger partial charge in [-0.1, -0.05) is 0 Å². The Bertz CT molecular complexity index is 372. The second kappa shape index (κ2) is 14.2. The summed E-state index contributed by atoms with van der Waals surface area (Å²) >= 11 is 0. The fourth-order valence-corrected chi connectivity index (χ4v) is 2.34. The Morgan fingerprint density at radius 2 is 1.50 bits per heavy atom. The van der Waals surface area contributed by atoms with Crippen molar-refractivity contribution in [1.29, 1.82) is 0 Å². The number of hydrogen-bond acceptors (Lipinski definition) is 9. The number of aliphatic hydroxyl groups is 3. The van der Waals surface area contributed by atoms with Crippen LogP contribution in [-0.4, -0.2) is 112 Å². The monoisotopic (exact) mass is 381 g/mol. The topological polar surface area (TPSA) is 136 Å². The molecule has 10 heteroatoms. The van der Waals surface area contributed by atoms with Crippen LogP contribution in [0.25, 0.3) is 0 Å². The minimum atomic E-state index is -1.14. The Morgan fingerprint density at radius 1 is 0.962 bits per heavy atom. The van der Waals surface area contributed by atoms with Gasteiger partial charge in [0.25, 0.3) is 0 Å². The van der Waals surface area contributed by atoms with Crippen LogP contribution in [0.4, 0.5) is 0 Å². The number of nitrogens with one attached hydrogen (secondary N) is 1. The summed E-state index contributed by atoms with van der Waals surface area (Å²) in [4.78, 5) is 11.0. The third kappa shape index (κ3) is 9.74. The highest BCUT2D eigenvalue weighted by molar-refractivity contribution is 5.73. The molecule has 1 fully saturated rings. The fourth-order valence-electron chi connectivity index (χ4n) is 2.34. The molecule has 0 aromatic rings. The number of carbonyl (C=O) groups excluding carboxylic acids is 1. The molecule has 0 aromatic carbocycles. The Hall–Kier alpha value is -0.850. The molecular formula is C16H31NO9. The van der Waals surface area contributed by atoms with Crippen molar-refractivity contribution < 1.29 is 43.8 Å². The van der Waals surface area contributed by atoms with E-state index in [0.717, 1.165) is 0 Å². The number of ether oxygens (including phenoxy) is 5. The Balaban J connectivity index is 1.97. The van der Waals surface area contributed by atoms with E-state index in [0.29, 0.717) is 46.2 Å². The van der Waals surface area contributed by atoms with Crippen molar-refractivity contribution >= 4 is 5.91 Å². The van der Waals surface area contributed by atoms with Gasteiger partial charge in [0.2, 0.25) is 5.91 Å². The molecule has 0 aromatic heterocycles. The highest BCUT2D eigenvalue weighted by Crippen LogP contribution is 2.16. The van der Waals surface area contributed by atoms with E-state index in [-0.39, 0.29) is 25.7 Å². The average Bonchev–Trinajstić information content (AvgIpc) is 2.61. The molecule has 4 atom stereocenters. The first-order valence-corrected chi connectivity index (χ1v) is 8.73. The van der Waals surface area contributed by atoms with Gasteiger partial charge in [-0.2, -0.15) is 0 Å². The lowest BCUT2D eigenvalue weighted by Crippen LogP contribution is -2.59. The van der Waals surface area contributed by atoms with Gasteiger partial charge in [-0.05, 0) is 0 Å². The number of rotatable bonds is 14. The predicted octanol–water partition coefficient (Wildman–Crippen LogP) is -2.33. The Kier molecular flexibility index (Phi) is 12.7. The summed E-state index contributed by atoms with van der Waals surface area (Å²) in [6.45, 7) is 4.29. The molecule has 10 nitrogen and oxygen atoms in total. The molecule has 4 N–H and O–H groups in total. The highest BCUT2D eigenvalue weighted by atomic mass is 16.6. The summed E-state index contributed by atoms with van der Waals surface area (Å²) in [6, 6.07) is -0.629. The van der Waals surface area contributed by atoms with Gasteiger partial charge in [0, 0.05) is 6.92 Å². The maximum Gasteiger partial charge on any atom is 0.217 e. The molecule has 0 radical (unpaired) electrons. The first-order valence-electron chi connectivity index (χ1n) is 8.73. The van der Waals surface area contributed by atoms with Crippen molar-refractivity contribution in [1.82, 2.24) is 5.32 Å².